The standard InChI is InChI=1S/C8H16N2O3S/c1-6(9)8(11)10-7-3-2-4-14(12,13)5-7/h6-7H,2-5,9H2,1H3,(H,10,11). The summed E-state index contributed by atoms with van der Waals surface area (Å²) in [5, 5.41) is 2.63. The van der Waals surface area contributed by atoms with Gasteiger partial charge < -0.3 is 11.1 Å². The fraction of sp³-hybridized carbons (Fsp3) is 0.875. The molecular formula is C8H16N2O3S. The van der Waals surface area contributed by atoms with E-state index >= 15 is 0 Å². The summed E-state index contributed by atoms with van der Waals surface area (Å²) in [4.78, 5) is 11.2. The molecule has 1 aliphatic heterocycles. The van der Waals surface area contributed by atoms with E-state index in [-0.39, 0.29) is 23.5 Å². The molecule has 2 unspecified atom stereocenters. The zero-order valence-electron chi connectivity index (χ0n) is 8.19. The Morgan fingerprint density at radius 1 is 1.57 bits per heavy atom. The maximum Gasteiger partial charge on any atom is 0.236 e. The molecule has 0 aromatic rings. The van der Waals surface area contributed by atoms with Crippen molar-refractivity contribution in [2.45, 2.75) is 31.8 Å². The highest BCUT2D eigenvalue weighted by molar-refractivity contribution is 7.91. The Hall–Kier alpha value is -0.620. The summed E-state index contributed by atoms with van der Waals surface area (Å²) in [5.74, 6) is -0.00433. The number of rotatable bonds is 2. The zero-order chi connectivity index (χ0) is 10.8. The molecular weight excluding hydrogens is 204 g/mol. The molecule has 1 heterocycles. The summed E-state index contributed by atoms with van der Waals surface area (Å²) < 4.78 is 22.5. The van der Waals surface area contributed by atoms with Crippen LogP contribution in [0.15, 0.2) is 0 Å². The molecule has 1 aliphatic rings. The van der Waals surface area contributed by atoms with Crippen LogP contribution in [-0.4, -0.2) is 37.9 Å². The SMILES string of the molecule is CC(N)C(=O)NC1CCCS(=O)(=O)C1. The average molecular weight is 220 g/mol. The third-order valence-electron chi connectivity index (χ3n) is 2.22. The number of amides is 1. The van der Waals surface area contributed by atoms with Crippen LogP contribution in [0.1, 0.15) is 19.8 Å². The van der Waals surface area contributed by atoms with Gasteiger partial charge in [0, 0.05) is 6.04 Å². The lowest BCUT2D eigenvalue weighted by Gasteiger charge is -2.23. The van der Waals surface area contributed by atoms with Crippen LogP contribution in [0, 0.1) is 0 Å². The highest BCUT2D eigenvalue weighted by Crippen LogP contribution is 2.11. The van der Waals surface area contributed by atoms with Crippen LogP contribution < -0.4 is 11.1 Å². The molecule has 1 rings (SSSR count). The van der Waals surface area contributed by atoms with Crippen LogP contribution in [-0.2, 0) is 14.6 Å². The summed E-state index contributed by atoms with van der Waals surface area (Å²) in [6, 6.07) is -0.841. The molecule has 0 aromatic carbocycles. The number of hydrogen-bond donors (Lipinski definition) is 2. The van der Waals surface area contributed by atoms with Crippen molar-refractivity contribution in [3.05, 3.63) is 0 Å². The van der Waals surface area contributed by atoms with Crippen LogP contribution >= 0.6 is 0 Å². The van der Waals surface area contributed by atoms with Gasteiger partial charge in [0.1, 0.15) is 0 Å². The van der Waals surface area contributed by atoms with E-state index in [1.54, 1.807) is 6.92 Å². The van der Waals surface area contributed by atoms with Crippen molar-refractivity contribution < 1.29 is 13.2 Å². The predicted octanol–water partition coefficient (Wildman–Crippen LogP) is -0.973. The minimum Gasteiger partial charge on any atom is -0.351 e. The lowest BCUT2D eigenvalue weighted by Crippen LogP contribution is -2.48. The van der Waals surface area contributed by atoms with Gasteiger partial charge in [0.05, 0.1) is 17.5 Å². The van der Waals surface area contributed by atoms with Crippen LogP contribution in [0.2, 0.25) is 0 Å². The van der Waals surface area contributed by atoms with Crippen LogP contribution in [0.5, 0.6) is 0 Å². The second-order valence-corrected chi connectivity index (χ2v) is 5.98. The van der Waals surface area contributed by atoms with Gasteiger partial charge in [0.15, 0.2) is 9.84 Å². The number of nitrogens with one attached hydrogen (secondary N) is 1. The van der Waals surface area contributed by atoms with E-state index in [1.807, 2.05) is 0 Å². The van der Waals surface area contributed by atoms with E-state index in [0.717, 1.165) is 6.42 Å². The Balaban J connectivity index is 2.50. The van der Waals surface area contributed by atoms with Crippen LogP contribution in [0.25, 0.3) is 0 Å². The maximum atomic E-state index is 11.2. The molecule has 14 heavy (non-hydrogen) atoms. The summed E-state index contributed by atoms with van der Waals surface area (Å²) in [7, 11) is -2.96. The topological polar surface area (TPSA) is 89.3 Å². The fourth-order valence-corrected chi connectivity index (χ4v) is 3.11. The molecule has 2 atom stereocenters. The number of hydrogen-bond acceptors (Lipinski definition) is 4. The van der Waals surface area contributed by atoms with Gasteiger partial charge in [0.2, 0.25) is 5.91 Å². The van der Waals surface area contributed by atoms with Crippen molar-refractivity contribution in [1.82, 2.24) is 5.32 Å². The highest BCUT2D eigenvalue weighted by Gasteiger charge is 2.26. The first-order chi connectivity index (χ1) is 6.41. The van der Waals surface area contributed by atoms with Gasteiger partial charge in [-0.1, -0.05) is 0 Å². The summed E-state index contributed by atoms with van der Waals surface area (Å²) in [6.07, 6.45) is 1.34. The van der Waals surface area contributed by atoms with Gasteiger partial charge in [-0.05, 0) is 19.8 Å². The highest BCUT2D eigenvalue weighted by atomic mass is 32.2. The maximum absolute atomic E-state index is 11.2. The molecule has 0 bridgehead atoms. The van der Waals surface area contributed by atoms with E-state index in [2.05, 4.69) is 5.32 Å². The minimum absolute atomic E-state index is 0.0471. The third-order valence-corrected chi connectivity index (χ3v) is 4.04. The van der Waals surface area contributed by atoms with Crippen LogP contribution in [0.3, 0.4) is 0 Å². The second kappa shape index (κ2) is 4.27. The van der Waals surface area contributed by atoms with Gasteiger partial charge in [-0.25, -0.2) is 8.42 Å². The molecule has 0 saturated carbocycles. The summed E-state index contributed by atoms with van der Waals surface area (Å²) in [6.45, 7) is 1.58. The van der Waals surface area contributed by atoms with Gasteiger partial charge in [-0.3, -0.25) is 4.79 Å². The quantitative estimate of drug-likeness (QED) is 0.626. The molecule has 1 fully saturated rings. The van der Waals surface area contributed by atoms with Crippen molar-refractivity contribution in [2.24, 2.45) is 5.73 Å². The van der Waals surface area contributed by atoms with Crippen molar-refractivity contribution in [2.75, 3.05) is 11.5 Å². The fourth-order valence-electron chi connectivity index (χ4n) is 1.47. The minimum atomic E-state index is -2.96. The predicted molar refractivity (Wildman–Crippen MR) is 53.5 cm³/mol. The first kappa shape index (κ1) is 11.5. The van der Waals surface area contributed by atoms with E-state index < -0.39 is 15.9 Å². The first-order valence-corrected chi connectivity index (χ1v) is 6.49. The molecule has 0 spiro atoms. The van der Waals surface area contributed by atoms with E-state index in [4.69, 9.17) is 5.73 Å². The van der Waals surface area contributed by atoms with Gasteiger partial charge in [-0.15, -0.1) is 0 Å². The van der Waals surface area contributed by atoms with Gasteiger partial charge in [-0.2, -0.15) is 0 Å². The van der Waals surface area contributed by atoms with Crippen molar-refractivity contribution in [1.29, 1.82) is 0 Å². The number of sulfone groups is 1. The Bertz CT molecular complexity index is 311. The van der Waals surface area contributed by atoms with Crippen molar-refractivity contribution in [3.8, 4) is 0 Å². The molecule has 1 amide bonds. The van der Waals surface area contributed by atoms with Crippen molar-refractivity contribution >= 4 is 15.7 Å². The Kier molecular flexibility index (Phi) is 3.49. The van der Waals surface area contributed by atoms with E-state index in [1.165, 1.54) is 0 Å². The average Bonchev–Trinajstić information content (AvgIpc) is 2.01. The monoisotopic (exact) mass is 220 g/mol. The van der Waals surface area contributed by atoms with Crippen molar-refractivity contribution in [3.63, 3.8) is 0 Å². The number of carbonyl (C=O) groups is 1. The van der Waals surface area contributed by atoms with Crippen LogP contribution in [0.4, 0.5) is 0 Å². The molecule has 0 aromatic heterocycles. The summed E-state index contributed by atoms with van der Waals surface area (Å²) in [5.41, 5.74) is 5.36. The Labute approximate surface area is 84.0 Å². The van der Waals surface area contributed by atoms with Gasteiger partial charge >= 0.3 is 0 Å². The lowest BCUT2D eigenvalue weighted by molar-refractivity contribution is -0.122. The molecule has 3 N–H and O–H groups in total. The Morgan fingerprint density at radius 2 is 2.21 bits per heavy atom. The summed E-state index contributed by atoms with van der Waals surface area (Å²) >= 11 is 0. The zero-order valence-corrected chi connectivity index (χ0v) is 9.01. The molecule has 5 nitrogen and oxygen atoms in total. The largest absolute Gasteiger partial charge is 0.351 e. The van der Waals surface area contributed by atoms with E-state index in [0.29, 0.717) is 6.42 Å². The Morgan fingerprint density at radius 3 is 2.71 bits per heavy atom. The number of carbonyl (C=O) groups excluding carboxylic acids is 1. The molecule has 6 heteroatoms. The van der Waals surface area contributed by atoms with Gasteiger partial charge in [0.25, 0.3) is 0 Å². The first-order valence-electron chi connectivity index (χ1n) is 4.67. The molecule has 0 aliphatic carbocycles. The normalized spacial score (nSPS) is 28.0. The number of nitrogens with two attached hydrogens (primary N) is 1. The lowest BCUT2D eigenvalue weighted by atomic mass is 10.2. The smallest absolute Gasteiger partial charge is 0.236 e. The second-order valence-electron chi connectivity index (χ2n) is 3.75. The molecule has 0 radical (unpaired) electrons. The molecule has 1 saturated heterocycles. The molecule has 82 valence electrons. The third kappa shape index (κ3) is 3.26. The van der Waals surface area contributed by atoms with E-state index in [9.17, 15) is 13.2 Å².